The Morgan fingerprint density at radius 1 is 1.15 bits per heavy atom. The van der Waals surface area contributed by atoms with Crippen molar-refractivity contribution in [2.75, 3.05) is 19.6 Å². The van der Waals surface area contributed by atoms with E-state index < -0.39 is 0 Å². The molecular formula is C21H35Cl2N3O. The van der Waals surface area contributed by atoms with E-state index in [0.29, 0.717) is 5.92 Å². The number of nitrogens with zero attached hydrogens (tertiary/aromatic N) is 1. The molecule has 1 saturated heterocycles. The maximum atomic E-state index is 12.6. The number of halogens is 2. The number of carbonyl (C=O) groups excluding carboxylic acids is 1. The molecule has 154 valence electrons. The first-order valence-corrected chi connectivity index (χ1v) is 9.87. The lowest BCUT2D eigenvalue weighted by molar-refractivity contribution is -0.128. The van der Waals surface area contributed by atoms with Crippen molar-refractivity contribution in [3.63, 3.8) is 0 Å². The molecule has 6 heteroatoms. The van der Waals surface area contributed by atoms with Crippen LogP contribution in [0.3, 0.4) is 0 Å². The number of hydrogen-bond donors (Lipinski definition) is 2. The largest absolute Gasteiger partial charge is 0.356 e. The highest BCUT2D eigenvalue weighted by atomic mass is 35.5. The van der Waals surface area contributed by atoms with E-state index in [4.69, 9.17) is 5.73 Å². The monoisotopic (exact) mass is 415 g/mol. The Bertz CT molecular complexity index is 560. The molecule has 1 aliphatic heterocycles. The minimum atomic E-state index is -0.332. The van der Waals surface area contributed by atoms with E-state index in [1.165, 1.54) is 5.56 Å². The molecule has 2 fully saturated rings. The SMILES string of the molecule is CC1(N)CCCCC1C(=O)NCC1CCN(Cc2ccccc2)CC1.Cl.Cl. The van der Waals surface area contributed by atoms with Gasteiger partial charge in [0.15, 0.2) is 0 Å². The summed E-state index contributed by atoms with van der Waals surface area (Å²) in [5.41, 5.74) is 7.41. The fraction of sp³-hybridized carbons (Fsp3) is 0.667. The smallest absolute Gasteiger partial charge is 0.224 e. The third-order valence-electron chi connectivity index (χ3n) is 6.09. The van der Waals surface area contributed by atoms with Gasteiger partial charge < -0.3 is 11.1 Å². The van der Waals surface area contributed by atoms with Crippen LogP contribution in [0.15, 0.2) is 30.3 Å². The van der Waals surface area contributed by atoms with E-state index in [-0.39, 0.29) is 42.2 Å². The van der Waals surface area contributed by atoms with Gasteiger partial charge >= 0.3 is 0 Å². The van der Waals surface area contributed by atoms with E-state index in [1.54, 1.807) is 0 Å². The highest BCUT2D eigenvalue weighted by molar-refractivity contribution is 5.85. The molecule has 3 rings (SSSR count). The molecule has 0 radical (unpaired) electrons. The Balaban J connectivity index is 0.00000182. The van der Waals surface area contributed by atoms with Crippen molar-refractivity contribution in [3.8, 4) is 0 Å². The first kappa shape index (κ1) is 24.2. The van der Waals surface area contributed by atoms with Crippen molar-refractivity contribution in [2.24, 2.45) is 17.6 Å². The molecule has 2 unspecified atom stereocenters. The normalized spacial score (nSPS) is 26.5. The summed E-state index contributed by atoms with van der Waals surface area (Å²) in [4.78, 5) is 15.1. The number of nitrogens with one attached hydrogen (secondary N) is 1. The predicted molar refractivity (Wildman–Crippen MR) is 116 cm³/mol. The molecule has 27 heavy (non-hydrogen) atoms. The molecule has 1 heterocycles. The quantitative estimate of drug-likeness (QED) is 0.769. The van der Waals surface area contributed by atoms with Gasteiger partial charge in [-0.3, -0.25) is 9.69 Å². The van der Waals surface area contributed by atoms with E-state index in [1.807, 2.05) is 6.92 Å². The predicted octanol–water partition coefficient (Wildman–Crippen LogP) is 3.77. The van der Waals surface area contributed by atoms with Gasteiger partial charge in [-0.15, -0.1) is 24.8 Å². The summed E-state index contributed by atoms with van der Waals surface area (Å²) in [6.45, 7) is 6.12. The third-order valence-corrected chi connectivity index (χ3v) is 6.09. The number of piperidine rings is 1. The van der Waals surface area contributed by atoms with Crippen molar-refractivity contribution in [2.45, 2.75) is 57.5 Å². The molecule has 2 aliphatic rings. The molecule has 1 aromatic rings. The van der Waals surface area contributed by atoms with Crippen LogP contribution in [-0.4, -0.2) is 36.0 Å². The summed E-state index contributed by atoms with van der Waals surface area (Å²) in [6.07, 6.45) is 6.51. The zero-order chi connectivity index (χ0) is 17.7. The molecule has 0 aromatic heterocycles. The van der Waals surface area contributed by atoms with Crippen molar-refractivity contribution in [1.82, 2.24) is 10.2 Å². The van der Waals surface area contributed by atoms with Gasteiger partial charge in [0.1, 0.15) is 0 Å². The number of benzene rings is 1. The average Bonchev–Trinajstić information content (AvgIpc) is 2.61. The highest BCUT2D eigenvalue weighted by Crippen LogP contribution is 2.31. The fourth-order valence-corrected chi connectivity index (χ4v) is 4.35. The summed E-state index contributed by atoms with van der Waals surface area (Å²) in [5.74, 6) is 0.763. The molecule has 1 saturated carbocycles. The van der Waals surface area contributed by atoms with Gasteiger partial charge in [-0.2, -0.15) is 0 Å². The van der Waals surface area contributed by atoms with E-state index in [0.717, 1.165) is 64.7 Å². The molecule has 3 N–H and O–H groups in total. The molecule has 4 nitrogen and oxygen atoms in total. The number of hydrogen-bond acceptors (Lipinski definition) is 3. The summed E-state index contributed by atoms with van der Waals surface area (Å²) in [5, 5.41) is 3.20. The van der Waals surface area contributed by atoms with Crippen molar-refractivity contribution in [3.05, 3.63) is 35.9 Å². The molecule has 0 bridgehead atoms. The number of carbonyl (C=O) groups is 1. The molecule has 0 spiro atoms. The first-order chi connectivity index (χ1) is 12.0. The number of likely N-dealkylation sites (tertiary alicyclic amines) is 1. The number of amides is 1. The second-order valence-corrected chi connectivity index (χ2v) is 8.25. The van der Waals surface area contributed by atoms with Crippen LogP contribution in [0.25, 0.3) is 0 Å². The fourth-order valence-electron chi connectivity index (χ4n) is 4.35. The topological polar surface area (TPSA) is 58.4 Å². The third kappa shape index (κ3) is 6.94. The number of rotatable bonds is 5. The first-order valence-electron chi connectivity index (χ1n) is 9.87. The Morgan fingerprint density at radius 2 is 1.81 bits per heavy atom. The van der Waals surface area contributed by atoms with Gasteiger partial charge in [-0.25, -0.2) is 0 Å². The van der Waals surface area contributed by atoms with Crippen LogP contribution in [0.5, 0.6) is 0 Å². The van der Waals surface area contributed by atoms with Crippen LogP contribution in [0.4, 0.5) is 0 Å². The van der Waals surface area contributed by atoms with Crippen LogP contribution in [0, 0.1) is 11.8 Å². The van der Waals surface area contributed by atoms with Gasteiger partial charge in [0, 0.05) is 18.6 Å². The Hall–Kier alpha value is -0.810. The van der Waals surface area contributed by atoms with E-state index in [2.05, 4.69) is 40.5 Å². The van der Waals surface area contributed by atoms with Crippen LogP contribution in [0.1, 0.15) is 51.0 Å². The maximum Gasteiger partial charge on any atom is 0.224 e. The van der Waals surface area contributed by atoms with E-state index in [9.17, 15) is 4.79 Å². The lowest BCUT2D eigenvalue weighted by Crippen LogP contribution is -2.53. The van der Waals surface area contributed by atoms with Crippen LogP contribution < -0.4 is 11.1 Å². The second kappa shape index (κ2) is 11.3. The Morgan fingerprint density at radius 3 is 2.44 bits per heavy atom. The van der Waals surface area contributed by atoms with Crippen LogP contribution >= 0.6 is 24.8 Å². The summed E-state index contributed by atoms with van der Waals surface area (Å²) < 4.78 is 0. The van der Waals surface area contributed by atoms with Gasteiger partial charge in [-0.1, -0.05) is 43.2 Å². The average molecular weight is 416 g/mol. The molecule has 1 aliphatic carbocycles. The van der Waals surface area contributed by atoms with Crippen molar-refractivity contribution >= 4 is 30.7 Å². The highest BCUT2D eigenvalue weighted by Gasteiger charge is 2.37. The maximum absolute atomic E-state index is 12.6. The molecule has 2 atom stereocenters. The molecular weight excluding hydrogens is 381 g/mol. The van der Waals surface area contributed by atoms with Crippen LogP contribution in [-0.2, 0) is 11.3 Å². The minimum absolute atomic E-state index is 0. The van der Waals surface area contributed by atoms with E-state index >= 15 is 0 Å². The van der Waals surface area contributed by atoms with Crippen molar-refractivity contribution in [1.29, 1.82) is 0 Å². The zero-order valence-corrected chi connectivity index (χ0v) is 18.0. The summed E-state index contributed by atoms with van der Waals surface area (Å²) in [6, 6.07) is 10.7. The van der Waals surface area contributed by atoms with Crippen molar-refractivity contribution < 1.29 is 4.79 Å². The Labute approximate surface area is 176 Å². The second-order valence-electron chi connectivity index (χ2n) is 8.25. The molecule has 1 aromatic carbocycles. The zero-order valence-electron chi connectivity index (χ0n) is 16.4. The van der Waals surface area contributed by atoms with Gasteiger partial charge in [-0.05, 0) is 57.2 Å². The lowest BCUT2D eigenvalue weighted by Gasteiger charge is -2.38. The lowest BCUT2D eigenvalue weighted by atomic mass is 9.74. The minimum Gasteiger partial charge on any atom is -0.356 e. The summed E-state index contributed by atoms with van der Waals surface area (Å²) in [7, 11) is 0. The van der Waals surface area contributed by atoms with Gasteiger partial charge in [0.05, 0.1) is 5.92 Å². The summed E-state index contributed by atoms with van der Waals surface area (Å²) >= 11 is 0. The standard InChI is InChI=1S/C21H33N3O.2ClH/c1-21(22)12-6-5-9-19(21)20(25)23-15-17-10-13-24(14-11-17)16-18-7-3-2-4-8-18;;/h2-4,7-8,17,19H,5-6,9-16,22H2,1H3,(H,23,25);2*1H. The number of nitrogens with two attached hydrogens (primary N) is 1. The molecule has 1 amide bonds. The van der Waals surface area contributed by atoms with Gasteiger partial charge in [0.25, 0.3) is 0 Å². The Kier molecular flexibility index (Phi) is 10.1. The van der Waals surface area contributed by atoms with Gasteiger partial charge in [0.2, 0.25) is 5.91 Å². The van der Waals surface area contributed by atoms with Crippen LogP contribution in [0.2, 0.25) is 0 Å².